The van der Waals surface area contributed by atoms with Gasteiger partial charge in [0.25, 0.3) is 0 Å². The first-order valence-corrected chi connectivity index (χ1v) is 4.11. The Bertz CT molecular complexity index is 299. The van der Waals surface area contributed by atoms with Crippen LogP contribution in [0.4, 0.5) is 9.80 Å². The summed E-state index contributed by atoms with van der Waals surface area (Å²) in [6, 6.07) is 3.50. The second-order valence-corrected chi connectivity index (χ2v) is 2.95. The molecule has 1 aromatic heterocycles. The molecule has 0 atom stereocenters. The molecule has 3 nitrogen and oxygen atoms in total. The Morgan fingerprint density at radius 2 is 2.58 bits per heavy atom. The lowest BCUT2D eigenvalue weighted by atomic mass is 10.5. The van der Waals surface area contributed by atoms with E-state index in [2.05, 4.69) is 5.92 Å². The van der Waals surface area contributed by atoms with Crippen LogP contribution in [0.3, 0.4) is 0 Å². The molecule has 12 heavy (non-hydrogen) atoms. The average Bonchev–Trinajstić information content (AvgIpc) is 2.51. The Morgan fingerprint density at radius 3 is 3.00 bits per heavy atom. The second-order valence-electron chi connectivity index (χ2n) is 2.02. The lowest BCUT2D eigenvalue weighted by Crippen LogP contribution is -2.28. The smallest absolute Gasteiger partial charge is 0.413 e. The van der Waals surface area contributed by atoms with Gasteiger partial charge in [-0.05, 0) is 17.5 Å². The third kappa shape index (κ3) is 1.77. The van der Waals surface area contributed by atoms with E-state index < -0.39 is 6.09 Å². The van der Waals surface area contributed by atoms with Crippen molar-refractivity contribution >= 4 is 22.4 Å². The van der Waals surface area contributed by atoms with E-state index in [1.807, 2.05) is 5.38 Å². The summed E-state index contributed by atoms with van der Waals surface area (Å²) in [6.45, 7) is 0.0931. The summed E-state index contributed by atoms with van der Waals surface area (Å²) in [4.78, 5) is 11.8. The van der Waals surface area contributed by atoms with Gasteiger partial charge in [0.1, 0.15) is 5.00 Å². The van der Waals surface area contributed by atoms with Crippen molar-refractivity contribution in [2.45, 2.75) is 0 Å². The number of terminal acetylenes is 1. The molecular formula is C8H7NO2S. The first kappa shape index (κ1) is 8.62. The quantitative estimate of drug-likeness (QED) is 0.707. The van der Waals surface area contributed by atoms with Crippen LogP contribution in [0.25, 0.3) is 0 Å². The Morgan fingerprint density at radius 1 is 1.83 bits per heavy atom. The van der Waals surface area contributed by atoms with E-state index in [0.717, 1.165) is 4.90 Å². The Hall–Kier alpha value is -1.47. The summed E-state index contributed by atoms with van der Waals surface area (Å²) in [5, 5.41) is 11.2. The number of rotatable bonds is 2. The van der Waals surface area contributed by atoms with Crippen LogP contribution < -0.4 is 4.90 Å². The zero-order valence-corrected chi connectivity index (χ0v) is 7.04. The number of nitrogens with zero attached hydrogens (tertiary/aromatic N) is 1. The zero-order chi connectivity index (χ0) is 8.97. The minimum atomic E-state index is -1.02. The second kappa shape index (κ2) is 3.79. The number of amides is 1. The number of carbonyl (C=O) groups is 1. The predicted molar refractivity (Wildman–Crippen MR) is 48.5 cm³/mol. The number of anilines is 1. The van der Waals surface area contributed by atoms with Crippen LogP contribution in [0.5, 0.6) is 0 Å². The zero-order valence-electron chi connectivity index (χ0n) is 6.23. The first-order chi connectivity index (χ1) is 5.75. The predicted octanol–water partition coefficient (Wildman–Crippen LogP) is 1.87. The number of hydrogen-bond donors (Lipinski definition) is 1. The molecule has 0 aliphatic carbocycles. The van der Waals surface area contributed by atoms with Crippen molar-refractivity contribution in [2.75, 3.05) is 11.4 Å². The van der Waals surface area contributed by atoms with Gasteiger partial charge < -0.3 is 5.11 Å². The van der Waals surface area contributed by atoms with Gasteiger partial charge in [-0.15, -0.1) is 17.8 Å². The highest BCUT2D eigenvalue weighted by molar-refractivity contribution is 7.14. The molecule has 1 rings (SSSR count). The third-order valence-electron chi connectivity index (χ3n) is 1.25. The van der Waals surface area contributed by atoms with Crippen molar-refractivity contribution in [3.8, 4) is 12.3 Å². The lowest BCUT2D eigenvalue weighted by Gasteiger charge is -2.12. The van der Waals surface area contributed by atoms with Crippen molar-refractivity contribution in [1.82, 2.24) is 0 Å². The molecular weight excluding hydrogens is 174 g/mol. The SMILES string of the molecule is C#CCN(C(=O)O)c1cccs1. The molecule has 1 aromatic rings. The summed E-state index contributed by atoms with van der Waals surface area (Å²) in [5.74, 6) is 2.29. The van der Waals surface area contributed by atoms with Gasteiger partial charge in [0.15, 0.2) is 0 Å². The van der Waals surface area contributed by atoms with Crippen molar-refractivity contribution in [2.24, 2.45) is 0 Å². The molecule has 1 N–H and O–H groups in total. The highest BCUT2D eigenvalue weighted by Gasteiger charge is 2.12. The molecule has 0 spiro atoms. The molecule has 62 valence electrons. The number of hydrogen-bond acceptors (Lipinski definition) is 2. The maximum Gasteiger partial charge on any atom is 0.413 e. The standard InChI is InChI=1S/C8H7NO2S/c1-2-5-9(8(10)11)7-4-3-6-12-7/h1,3-4,6H,5H2,(H,10,11). The fourth-order valence-electron chi connectivity index (χ4n) is 0.755. The van der Waals surface area contributed by atoms with Crippen LogP contribution in [0.2, 0.25) is 0 Å². The molecule has 0 saturated heterocycles. The van der Waals surface area contributed by atoms with E-state index >= 15 is 0 Å². The van der Waals surface area contributed by atoms with Gasteiger partial charge in [-0.1, -0.05) is 5.92 Å². The monoisotopic (exact) mass is 181 g/mol. The van der Waals surface area contributed by atoms with Crippen molar-refractivity contribution in [1.29, 1.82) is 0 Å². The van der Waals surface area contributed by atoms with E-state index in [9.17, 15) is 4.79 Å². The molecule has 0 saturated carbocycles. The number of thiophene rings is 1. The van der Waals surface area contributed by atoms with Gasteiger partial charge in [0.2, 0.25) is 0 Å². The normalized spacial score (nSPS) is 8.92. The molecule has 1 amide bonds. The minimum Gasteiger partial charge on any atom is -0.465 e. The highest BCUT2D eigenvalue weighted by Crippen LogP contribution is 2.20. The largest absolute Gasteiger partial charge is 0.465 e. The number of carboxylic acid groups (broad SMARTS) is 1. The summed E-state index contributed by atoms with van der Waals surface area (Å²) < 4.78 is 0. The molecule has 0 unspecified atom stereocenters. The van der Waals surface area contributed by atoms with E-state index in [4.69, 9.17) is 11.5 Å². The van der Waals surface area contributed by atoms with Gasteiger partial charge >= 0.3 is 6.09 Å². The summed E-state index contributed by atoms with van der Waals surface area (Å²) in [7, 11) is 0. The van der Waals surface area contributed by atoms with Crippen LogP contribution in [0, 0.1) is 12.3 Å². The summed E-state index contributed by atoms with van der Waals surface area (Å²) in [6.07, 6.45) is 4.00. The Labute approximate surface area is 74.2 Å². The van der Waals surface area contributed by atoms with Crippen LogP contribution in [-0.4, -0.2) is 17.7 Å². The van der Waals surface area contributed by atoms with Crippen LogP contribution in [-0.2, 0) is 0 Å². The fraction of sp³-hybridized carbons (Fsp3) is 0.125. The molecule has 4 heteroatoms. The van der Waals surface area contributed by atoms with E-state index in [1.165, 1.54) is 11.3 Å². The van der Waals surface area contributed by atoms with E-state index in [0.29, 0.717) is 5.00 Å². The Balaban J connectivity index is 2.82. The maximum atomic E-state index is 10.6. The first-order valence-electron chi connectivity index (χ1n) is 3.23. The molecule has 0 aromatic carbocycles. The van der Waals surface area contributed by atoms with Crippen molar-refractivity contribution < 1.29 is 9.90 Å². The van der Waals surface area contributed by atoms with Crippen molar-refractivity contribution in [3.05, 3.63) is 17.5 Å². The molecule has 0 aliphatic rings. The molecule has 1 heterocycles. The Kier molecular flexibility index (Phi) is 2.72. The minimum absolute atomic E-state index is 0.0931. The van der Waals surface area contributed by atoms with Gasteiger partial charge in [0.05, 0.1) is 6.54 Å². The lowest BCUT2D eigenvalue weighted by molar-refractivity contribution is 0.203. The van der Waals surface area contributed by atoms with Crippen LogP contribution >= 0.6 is 11.3 Å². The van der Waals surface area contributed by atoms with Gasteiger partial charge in [-0.25, -0.2) is 4.79 Å². The summed E-state index contributed by atoms with van der Waals surface area (Å²) in [5.41, 5.74) is 0. The van der Waals surface area contributed by atoms with Crippen molar-refractivity contribution in [3.63, 3.8) is 0 Å². The average molecular weight is 181 g/mol. The fourth-order valence-corrected chi connectivity index (χ4v) is 1.48. The highest BCUT2D eigenvalue weighted by atomic mass is 32.1. The molecule has 0 radical (unpaired) electrons. The third-order valence-corrected chi connectivity index (χ3v) is 2.14. The molecule has 0 bridgehead atoms. The van der Waals surface area contributed by atoms with E-state index in [-0.39, 0.29) is 6.54 Å². The van der Waals surface area contributed by atoms with Gasteiger partial charge in [-0.3, -0.25) is 4.90 Å². The van der Waals surface area contributed by atoms with E-state index in [1.54, 1.807) is 12.1 Å². The van der Waals surface area contributed by atoms with Gasteiger partial charge in [0, 0.05) is 0 Å². The summed E-state index contributed by atoms with van der Waals surface area (Å²) >= 11 is 1.35. The topological polar surface area (TPSA) is 40.5 Å². The molecule has 0 fully saturated rings. The molecule has 0 aliphatic heterocycles. The van der Waals surface area contributed by atoms with Gasteiger partial charge in [-0.2, -0.15) is 0 Å². The van der Waals surface area contributed by atoms with Crippen LogP contribution in [0.1, 0.15) is 0 Å². The maximum absolute atomic E-state index is 10.6. The van der Waals surface area contributed by atoms with Crippen LogP contribution in [0.15, 0.2) is 17.5 Å².